The summed E-state index contributed by atoms with van der Waals surface area (Å²) < 4.78 is 30.7. The first kappa shape index (κ1) is 15.3. The molecule has 9 heteroatoms. The largest absolute Gasteiger partial charge is 0.497 e. The van der Waals surface area contributed by atoms with E-state index >= 15 is 0 Å². The molecule has 0 saturated carbocycles. The Morgan fingerprint density at radius 3 is 2.63 bits per heavy atom. The number of rotatable bonds is 6. The van der Waals surface area contributed by atoms with Crippen molar-refractivity contribution >= 4 is 15.7 Å². The van der Waals surface area contributed by atoms with Crippen molar-refractivity contribution in [3.05, 3.63) is 28.3 Å². The number of nitrogens with zero attached hydrogens (tertiary/aromatic N) is 1. The Kier molecular flexibility index (Phi) is 4.81. The highest BCUT2D eigenvalue weighted by Gasteiger charge is 2.26. The van der Waals surface area contributed by atoms with Gasteiger partial charge in [-0.2, -0.15) is 0 Å². The number of aliphatic hydroxyl groups excluding tert-OH is 1. The zero-order chi connectivity index (χ0) is 14.6. The fraction of sp³-hybridized carbons (Fsp3) is 0.400. The highest BCUT2D eigenvalue weighted by atomic mass is 32.2. The van der Waals surface area contributed by atoms with E-state index in [0.29, 0.717) is 0 Å². The lowest BCUT2D eigenvalue weighted by molar-refractivity contribution is -0.387. The monoisotopic (exact) mass is 290 g/mol. The standard InChI is InChI=1S/C10H14N2O6S/c1-7(13)6-11-19(16,17)10-4-3-8(18-2)5-9(10)12(14)15/h3-5,7,11,13H,6H2,1-2H3. The van der Waals surface area contributed by atoms with Crippen LogP contribution in [0, 0.1) is 10.1 Å². The zero-order valence-corrected chi connectivity index (χ0v) is 11.2. The Morgan fingerprint density at radius 1 is 1.53 bits per heavy atom. The van der Waals surface area contributed by atoms with Crippen LogP contribution in [-0.4, -0.2) is 38.2 Å². The number of nitro benzene ring substituents is 1. The maximum absolute atomic E-state index is 11.9. The Balaban J connectivity index is 3.22. The maximum atomic E-state index is 11.9. The minimum atomic E-state index is -4.06. The maximum Gasteiger partial charge on any atom is 0.293 e. The van der Waals surface area contributed by atoms with Crippen LogP contribution < -0.4 is 9.46 Å². The van der Waals surface area contributed by atoms with Gasteiger partial charge in [-0.3, -0.25) is 10.1 Å². The number of hydrogen-bond donors (Lipinski definition) is 2. The molecule has 0 aromatic heterocycles. The molecule has 0 fully saturated rings. The molecule has 1 aromatic carbocycles. The molecule has 0 saturated heterocycles. The second-order valence-electron chi connectivity index (χ2n) is 3.79. The quantitative estimate of drug-likeness (QED) is 0.573. The van der Waals surface area contributed by atoms with Crippen molar-refractivity contribution in [3.63, 3.8) is 0 Å². The summed E-state index contributed by atoms with van der Waals surface area (Å²) >= 11 is 0. The summed E-state index contributed by atoms with van der Waals surface area (Å²) in [7, 11) is -2.74. The molecule has 0 aliphatic rings. The van der Waals surface area contributed by atoms with Gasteiger partial charge in [0.05, 0.1) is 24.2 Å². The van der Waals surface area contributed by atoms with E-state index in [1.54, 1.807) is 0 Å². The molecule has 8 nitrogen and oxygen atoms in total. The molecule has 106 valence electrons. The predicted octanol–water partition coefficient (Wildman–Crippen LogP) is 0.263. The number of hydrogen-bond acceptors (Lipinski definition) is 6. The van der Waals surface area contributed by atoms with Crippen molar-refractivity contribution in [1.29, 1.82) is 0 Å². The van der Waals surface area contributed by atoms with E-state index in [2.05, 4.69) is 4.72 Å². The molecule has 0 aliphatic heterocycles. The number of ether oxygens (including phenoxy) is 1. The zero-order valence-electron chi connectivity index (χ0n) is 10.4. The number of benzene rings is 1. The first-order valence-corrected chi connectivity index (χ1v) is 6.76. The summed E-state index contributed by atoms with van der Waals surface area (Å²) in [6, 6.07) is 3.42. The van der Waals surface area contributed by atoms with Gasteiger partial charge in [0.25, 0.3) is 5.69 Å². The van der Waals surface area contributed by atoms with E-state index in [-0.39, 0.29) is 12.3 Å². The minimum absolute atomic E-state index is 0.182. The topological polar surface area (TPSA) is 119 Å². The molecule has 1 rings (SSSR count). The summed E-state index contributed by atoms with van der Waals surface area (Å²) in [5.41, 5.74) is -0.586. The van der Waals surface area contributed by atoms with Crippen molar-refractivity contribution in [1.82, 2.24) is 4.72 Å². The molecular weight excluding hydrogens is 276 g/mol. The van der Waals surface area contributed by atoms with Crippen molar-refractivity contribution in [2.45, 2.75) is 17.9 Å². The SMILES string of the molecule is COc1ccc(S(=O)(=O)NCC(C)O)c([N+](=O)[O-])c1. The van der Waals surface area contributed by atoms with Crippen molar-refractivity contribution in [3.8, 4) is 5.75 Å². The molecule has 0 heterocycles. The lowest BCUT2D eigenvalue weighted by Crippen LogP contribution is -2.31. The van der Waals surface area contributed by atoms with Crippen LogP contribution in [0.5, 0.6) is 5.75 Å². The van der Waals surface area contributed by atoms with Gasteiger partial charge < -0.3 is 9.84 Å². The van der Waals surface area contributed by atoms with Crippen LogP contribution in [0.15, 0.2) is 23.1 Å². The smallest absolute Gasteiger partial charge is 0.293 e. The van der Waals surface area contributed by atoms with Gasteiger partial charge in [-0.05, 0) is 19.1 Å². The predicted molar refractivity (Wildman–Crippen MR) is 66.5 cm³/mol. The Bertz CT molecular complexity index is 569. The summed E-state index contributed by atoms with van der Waals surface area (Å²) in [5.74, 6) is 0.182. The lowest BCUT2D eigenvalue weighted by Gasteiger charge is -2.09. The van der Waals surface area contributed by atoms with Gasteiger partial charge in [0.2, 0.25) is 10.0 Å². The lowest BCUT2D eigenvalue weighted by atomic mass is 10.3. The van der Waals surface area contributed by atoms with E-state index in [1.165, 1.54) is 20.1 Å². The molecule has 0 radical (unpaired) electrons. The van der Waals surface area contributed by atoms with E-state index in [4.69, 9.17) is 9.84 Å². The Labute approximate surface area is 110 Å². The molecule has 2 N–H and O–H groups in total. The molecule has 1 aromatic rings. The van der Waals surface area contributed by atoms with Crippen LogP contribution >= 0.6 is 0 Å². The van der Waals surface area contributed by atoms with Gasteiger partial charge in [-0.1, -0.05) is 0 Å². The van der Waals surface area contributed by atoms with Crippen LogP contribution in [0.25, 0.3) is 0 Å². The van der Waals surface area contributed by atoms with Gasteiger partial charge in [-0.15, -0.1) is 0 Å². The fourth-order valence-corrected chi connectivity index (χ4v) is 2.57. The molecule has 19 heavy (non-hydrogen) atoms. The summed E-state index contributed by atoms with van der Waals surface area (Å²) in [4.78, 5) is 9.60. The van der Waals surface area contributed by atoms with Crippen LogP contribution in [0.2, 0.25) is 0 Å². The van der Waals surface area contributed by atoms with Crippen molar-refractivity contribution < 1.29 is 23.2 Å². The van der Waals surface area contributed by atoms with Gasteiger partial charge in [0, 0.05) is 6.54 Å². The van der Waals surface area contributed by atoms with Gasteiger partial charge >= 0.3 is 0 Å². The van der Waals surface area contributed by atoms with E-state index in [9.17, 15) is 18.5 Å². The Morgan fingerprint density at radius 2 is 2.16 bits per heavy atom. The van der Waals surface area contributed by atoms with Crippen molar-refractivity contribution in [2.24, 2.45) is 0 Å². The summed E-state index contributed by atoms with van der Waals surface area (Å²) in [6.45, 7) is 1.16. The number of sulfonamides is 1. The van der Waals surface area contributed by atoms with Gasteiger partial charge in [-0.25, -0.2) is 13.1 Å². The summed E-state index contributed by atoms with van der Waals surface area (Å²) in [6.07, 6.45) is -0.896. The van der Waals surface area contributed by atoms with E-state index in [0.717, 1.165) is 12.1 Å². The number of methoxy groups -OCH3 is 1. The highest BCUT2D eigenvalue weighted by Crippen LogP contribution is 2.28. The van der Waals surface area contributed by atoms with Crippen LogP contribution in [0.1, 0.15) is 6.92 Å². The average Bonchev–Trinajstić information content (AvgIpc) is 2.35. The molecule has 1 unspecified atom stereocenters. The third-order valence-corrected chi connectivity index (χ3v) is 3.69. The van der Waals surface area contributed by atoms with Crippen LogP contribution in [-0.2, 0) is 10.0 Å². The second kappa shape index (κ2) is 5.95. The molecule has 0 amide bonds. The van der Waals surface area contributed by atoms with E-state index < -0.39 is 31.6 Å². The molecule has 0 spiro atoms. The molecule has 1 atom stereocenters. The third-order valence-electron chi connectivity index (χ3n) is 2.22. The molecule has 0 aliphatic carbocycles. The van der Waals surface area contributed by atoms with Crippen LogP contribution in [0.4, 0.5) is 5.69 Å². The van der Waals surface area contributed by atoms with Gasteiger partial charge in [0.1, 0.15) is 5.75 Å². The summed E-state index contributed by atoms with van der Waals surface area (Å²) in [5, 5.41) is 19.9. The first-order chi connectivity index (χ1) is 8.77. The molecule has 0 bridgehead atoms. The van der Waals surface area contributed by atoms with Gasteiger partial charge in [0.15, 0.2) is 4.90 Å². The van der Waals surface area contributed by atoms with Crippen LogP contribution in [0.3, 0.4) is 0 Å². The van der Waals surface area contributed by atoms with E-state index in [1.807, 2.05) is 0 Å². The second-order valence-corrected chi connectivity index (χ2v) is 5.53. The first-order valence-electron chi connectivity index (χ1n) is 5.28. The van der Waals surface area contributed by atoms with Crippen molar-refractivity contribution in [2.75, 3.05) is 13.7 Å². The molecular formula is C10H14N2O6S. The Hall–Kier alpha value is -1.71. The number of nitrogens with one attached hydrogen (secondary N) is 1. The number of aliphatic hydroxyl groups is 1. The minimum Gasteiger partial charge on any atom is -0.497 e. The normalized spacial score (nSPS) is 13.0. The third kappa shape index (κ3) is 3.88. The highest BCUT2D eigenvalue weighted by molar-refractivity contribution is 7.89. The number of nitro groups is 1. The fourth-order valence-electron chi connectivity index (χ4n) is 1.30. The average molecular weight is 290 g/mol.